The summed E-state index contributed by atoms with van der Waals surface area (Å²) in [5.41, 5.74) is 0.0351. The summed E-state index contributed by atoms with van der Waals surface area (Å²) in [6.07, 6.45) is 1.16. The van der Waals surface area contributed by atoms with Gasteiger partial charge in [0.05, 0.1) is 10.5 Å². The lowest BCUT2D eigenvalue weighted by molar-refractivity contribution is -0.384. The van der Waals surface area contributed by atoms with Gasteiger partial charge in [0.1, 0.15) is 5.92 Å². The maximum absolute atomic E-state index is 11.5. The third kappa shape index (κ3) is 2.71. The predicted molar refractivity (Wildman–Crippen MR) is 75.8 cm³/mol. The fraction of sp³-hybridized carbons (Fsp3) is 0.214. The van der Waals surface area contributed by atoms with Crippen LogP contribution in [0.25, 0.3) is 0 Å². The molecule has 8 nitrogen and oxygen atoms in total. The molecule has 0 spiro atoms. The zero-order valence-electron chi connectivity index (χ0n) is 11.5. The van der Waals surface area contributed by atoms with E-state index in [1.807, 2.05) is 0 Å². The average molecular weight is 304 g/mol. The van der Waals surface area contributed by atoms with E-state index in [1.54, 1.807) is 0 Å². The molecule has 0 radical (unpaired) electrons. The van der Waals surface area contributed by atoms with Crippen LogP contribution in [0.15, 0.2) is 40.5 Å². The number of benzene rings is 1. The quantitative estimate of drug-likeness (QED) is 0.644. The van der Waals surface area contributed by atoms with Gasteiger partial charge < -0.3 is 10.2 Å². The van der Waals surface area contributed by atoms with Gasteiger partial charge in [-0.1, -0.05) is 12.1 Å². The van der Waals surface area contributed by atoms with Crippen LogP contribution in [0.5, 0.6) is 0 Å². The highest BCUT2D eigenvalue weighted by Crippen LogP contribution is 2.37. The first-order chi connectivity index (χ1) is 10.3. The molecule has 0 aliphatic carbocycles. The van der Waals surface area contributed by atoms with Gasteiger partial charge in [0.25, 0.3) is 5.69 Å². The molecule has 2 unspecified atom stereocenters. The molecule has 0 fully saturated rings. The molecular formula is C14H12N2O6. The third-order valence-corrected chi connectivity index (χ3v) is 3.44. The van der Waals surface area contributed by atoms with Crippen LogP contribution in [0.4, 0.5) is 5.69 Å². The van der Waals surface area contributed by atoms with Crippen molar-refractivity contribution in [3.63, 3.8) is 0 Å². The van der Waals surface area contributed by atoms with Crippen molar-refractivity contribution in [2.75, 3.05) is 0 Å². The molecule has 0 saturated heterocycles. The van der Waals surface area contributed by atoms with Gasteiger partial charge >= 0.3 is 11.9 Å². The highest BCUT2D eigenvalue weighted by atomic mass is 16.6. The number of aliphatic carboxylic acids is 2. The van der Waals surface area contributed by atoms with Gasteiger partial charge in [0.15, 0.2) is 0 Å². The Bertz CT molecular complexity index is 722. The lowest BCUT2D eigenvalue weighted by atomic mass is 9.78. The number of aliphatic imine (C=N–C) groups is 1. The molecule has 0 bridgehead atoms. The second-order valence-corrected chi connectivity index (χ2v) is 4.78. The molecular weight excluding hydrogens is 292 g/mol. The maximum Gasteiger partial charge on any atom is 0.334 e. The van der Waals surface area contributed by atoms with E-state index in [9.17, 15) is 29.9 Å². The van der Waals surface area contributed by atoms with Gasteiger partial charge in [0.2, 0.25) is 0 Å². The first-order valence-corrected chi connectivity index (χ1v) is 6.28. The van der Waals surface area contributed by atoms with E-state index in [4.69, 9.17) is 0 Å². The molecule has 0 saturated carbocycles. The van der Waals surface area contributed by atoms with Gasteiger partial charge in [-0.15, -0.1) is 0 Å². The van der Waals surface area contributed by atoms with Crippen LogP contribution < -0.4 is 0 Å². The van der Waals surface area contributed by atoms with Crippen LogP contribution in [0.2, 0.25) is 0 Å². The average Bonchev–Trinajstić information content (AvgIpc) is 2.46. The first kappa shape index (κ1) is 15.4. The smallest absolute Gasteiger partial charge is 0.334 e. The third-order valence-electron chi connectivity index (χ3n) is 3.44. The molecule has 114 valence electrons. The van der Waals surface area contributed by atoms with E-state index in [1.165, 1.54) is 31.2 Å². The molecule has 0 aromatic heterocycles. The van der Waals surface area contributed by atoms with Crippen molar-refractivity contribution in [2.24, 2.45) is 10.9 Å². The highest BCUT2D eigenvalue weighted by Gasteiger charge is 2.38. The number of nitrogens with zero attached hydrogens (tertiary/aromatic N) is 2. The van der Waals surface area contributed by atoms with Crippen LogP contribution in [0, 0.1) is 16.0 Å². The Kier molecular flexibility index (Phi) is 4.02. The fourth-order valence-corrected chi connectivity index (χ4v) is 2.45. The molecule has 1 aromatic carbocycles. The van der Waals surface area contributed by atoms with Crippen LogP contribution in [-0.4, -0.2) is 33.3 Å². The highest BCUT2D eigenvalue weighted by molar-refractivity contribution is 5.98. The van der Waals surface area contributed by atoms with E-state index in [-0.39, 0.29) is 22.5 Å². The Morgan fingerprint density at radius 1 is 1.32 bits per heavy atom. The van der Waals surface area contributed by atoms with Crippen LogP contribution in [-0.2, 0) is 9.59 Å². The molecule has 22 heavy (non-hydrogen) atoms. The topological polar surface area (TPSA) is 130 Å². The van der Waals surface area contributed by atoms with Crippen LogP contribution in [0.1, 0.15) is 18.4 Å². The monoisotopic (exact) mass is 304 g/mol. The summed E-state index contributed by atoms with van der Waals surface area (Å²) < 4.78 is 0. The number of rotatable bonds is 4. The minimum Gasteiger partial charge on any atom is -0.481 e. The number of carboxylic acids is 2. The van der Waals surface area contributed by atoms with Gasteiger partial charge in [-0.05, 0) is 12.5 Å². The second-order valence-electron chi connectivity index (χ2n) is 4.78. The fourth-order valence-electron chi connectivity index (χ4n) is 2.45. The molecule has 0 amide bonds. The molecule has 2 atom stereocenters. The summed E-state index contributed by atoms with van der Waals surface area (Å²) in [6.45, 7) is 1.46. The Morgan fingerprint density at radius 3 is 2.55 bits per heavy atom. The Balaban J connectivity index is 2.62. The van der Waals surface area contributed by atoms with Crippen molar-refractivity contribution in [3.8, 4) is 0 Å². The number of carboxylic acid groups (broad SMARTS) is 2. The van der Waals surface area contributed by atoms with E-state index < -0.39 is 28.7 Å². The Hall–Kier alpha value is -3.03. The Labute approximate surface area is 124 Å². The van der Waals surface area contributed by atoms with Crippen molar-refractivity contribution in [2.45, 2.75) is 12.8 Å². The summed E-state index contributed by atoms with van der Waals surface area (Å²) in [6, 6.07) is 5.32. The zero-order chi connectivity index (χ0) is 16.4. The summed E-state index contributed by atoms with van der Waals surface area (Å²) >= 11 is 0. The van der Waals surface area contributed by atoms with Crippen molar-refractivity contribution >= 4 is 23.8 Å². The number of hydrogen-bond donors (Lipinski definition) is 2. The molecule has 1 heterocycles. The van der Waals surface area contributed by atoms with Crippen LogP contribution >= 0.6 is 0 Å². The largest absolute Gasteiger partial charge is 0.481 e. The lowest BCUT2D eigenvalue weighted by Gasteiger charge is -2.26. The zero-order valence-corrected chi connectivity index (χ0v) is 11.5. The number of carbonyl (C=O) groups is 2. The summed E-state index contributed by atoms with van der Waals surface area (Å²) in [7, 11) is 0. The lowest BCUT2D eigenvalue weighted by Crippen LogP contribution is -2.30. The molecule has 1 aromatic rings. The van der Waals surface area contributed by atoms with Gasteiger partial charge in [0, 0.05) is 30.0 Å². The first-order valence-electron chi connectivity index (χ1n) is 6.28. The number of nitro groups is 1. The number of nitro benzene ring substituents is 1. The van der Waals surface area contributed by atoms with Gasteiger partial charge in [-0.3, -0.25) is 19.9 Å². The summed E-state index contributed by atoms with van der Waals surface area (Å²) in [4.78, 5) is 36.9. The molecule has 1 aliphatic heterocycles. The SMILES string of the molecule is CC1=C(C(=O)O)C(c2cccc([N+](=O)[O-])c2)C(C(=O)O)C=N1. The van der Waals surface area contributed by atoms with Crippen molar-refractivity contribution < 1.29 is 24.7 Å². The second kappa shape index (κ2) is 5.76. The normalized spacial score (nSPS) is 20.8. The number of non-ortho nitro benzene ring substituents is 1. The molecule has 2 rings (SSSR count). The predicted octanol–water partition coefficient (Wildman–Crippen LogP) is 1.82. The van der Waals surface area contributed by atoms with E-state index in [0.717, 1.165) is 6.21 Å². The molecule has 2 N–H and O–H groups in total. The van der Waals surface area contributed by atoms with Crippen molar-refractivity contribution in [1.82, 2.24) is 0 Å². The standard InChI is InChI=1S/C14H12N2O6/c1-7-11(14(19)20)12(10(6-15-7)13(17)18)8-3-2-4-9(5-8)16(21)22/h2-6,10,12H,1H3,(H,17,18)(H,19,20). The number of allylic oxidation sites excluding steroid dienone is 1. The minimum absolute atomic E-state index is 0.171. The maximum atomic E-state index is 11.5. The Morgan fingerprint density at radius 2 is 2.00 bits per heavy atom. The minimum atomic E-state index is -1.29. The van der Waals surface area contributed by atoms with Gasteiger partial charge in [-0.25, -0.2) is 4.79 Å². The van der Waals surface area contributed by atoms with E-state index in [2.05, 4.69) is 4.99 Å². The van der Waals surface area contributed by atoms with Crippen molar-refractivity contribution in [3.05, 3.63) is 51.2 Å². The van der Waals surface area contributed by atoms with E-state index in [0.29, 0.717) is 0 Å². The van der Waals surface area contributed by atoms with E-state index >= 15 is 0 Å². The molecule has 8 heteroatoms. The van der Waals surface area contributed by atoms with Gasteiger partial charge in [-0.2, -0.15) is 0 Å². The summed E-state index contributed by atoms with van der Waals surface area (Å²) in [5.74, 6) is -4.77. The number of hydrogen-bond acceptors (Lipinski definition) is 5. The molecule has 1 aliphatic rings. The van der Waals surface area contributed by atoms with Crippen molar-refractivity contribution in [1.29, 1.82) is 0 Å². The summed E-state index contributed by atoms with van der Waals surface area (Å²) in [5, 5.41) is 29.5. The van der Waals surface area contributed by atoms with Crippen LogP contribution in [0.3, 0.4) is 0 Å².